The molecule has 3 aromatic rings. The van der Waals surface area contributed by atoms with Crippen molar-refractivity contribution in [2.75, 3.05) is 6.54 Å². The number of ether oxygens (including phenoxy) is 1. The van der Waals surface area contributed by atoms with Gasteiger partial charge in [-0.2, -0.15) is 0 Å². The summed E-state index contributed by atoms with van der Waals surface area (Å²) in [4.78, 5) is 35.9. The molecule has 0 aliphatic heterocycles. The maximum Gasteiger partial charge on any atom is 0.408 e. The van der Waals surface area contributed by atoms with Crippen molar-refractivity contribution in [1.82, 2.24) is 10.6 Å². The molecule has 0 heterocycles. The number of nitrogens with one attached hydrogen (secondary N) is 2. The lowest BCUT2D eigenvalue weighted by atomic mass is 9.99. The van der Waals surface area contributed by atoms with Gasteiger partial charge in [0, 0.05) is 18.5 Å². The van der Waals surface area contributed by atoms with Gasteiger partial charge in [-0.05, 0) is 49.1 Å². The fourth-order valence-corrected chi connectivity index (χ4v) is 3.63. The number of amides is 1. The minimum absolute atomic E-state index is 0.0446. The molecule has 0 aromatic heterocycles. The van der Waals surface area contributed by atoms with Gasteiger partial charge in [-0.3, -0.25) is 4.79 Å². The molecule has 0 saturated carbocycles. The first-order valence-corrected chi connectivity index (χ1v) is 11.8. The quantitative estimate of drug-likeness (QED) is 0.353. The lowest BCUT2D eigenvalue weighted by molar-refractivity contribution is -0.139. The van der Waals surface area contributed by atoms with E-state index in [9.17, 15) is 19.5 Å². The van der Waals surface area contributed by atoms with Gasteiger partial charge in [-0.15, -0.1) is 0 Å². The maximum absolute atomic E-state index is 12.3. The molecule has 3 rings (SSSR count). The summed E-state index contributed by atoms with van der Waals surface area (Å²) in [5, 5.41) is 15.1. The Morgan fingerprint density at radius 3 is 2.19 bits per heavy atom. The molecule has 7 nitrogen and oxygen atoms in total. The van der Waals surface area contributed by atoms with Gasteiger partial charge in [0.1, 0.15) is 11.6 Å². The molecule has 188 valence electrons. The summed E-state index contributed by atoms with van der Waals surface area (Å²) in [5.74, 6) is -1.08. The van der Waals surface area contributed by atoms with Gasteiger partial charge in [0.25, 0.3) is 0 Å². The Morgan fingerprint density at radius 1 is 0.861 bits per heavy atom. The van der Waals surface area contributed by atoms with E-state index < -0.39 is 23.7 Å². The number of alkyl carbamates (subject to hydrolysis) is 1. The molecule has 0 saturated heterocycles. The first-order chi connectivity index (χ1) is 17.1. The third kappa shape index (κ3) is 8.36. The van der Waals surface area contributed by atoms with E-state index in [1.807, 2.05) is 60.7 Å². The Bertz CT molecular complexity index is 1180. The number of rotatable bonds is 10. The summed E-state index contributed by atoms with van der Waals surface area (Å²) < 4.78 is 5.17. The zero-order chi connectivity index (χ0) is 26.1. The molecule has 0 bridgehead atoms. The Kier molecular flexibility index (Phi) is 8.97. The predicted molar refractivity (Wildman–Crippen MR) is 139 cm³/mol. The van der Waals surface area contributed by atoms with E-state index in [-0.39, 0.29) is 18.7 Å². The average molecular weight is 489 g/mol. The van der Waals surface area contributed by atoms with Gasteiger partial charge >= 0.3 is 12.1 Å². The molecule has 0 radical (unpaired) electrons. The molecule has 0 spiro atoms. The highest BCUT2D eigenvalue weighted by molar-refractivity contribution is 5.97. The van der Waals surface area contributed by atoms with Crippen molar-refractivity contribution in [3.05, 3.63) is 95.6 Å². The lowest BCUT2D eigenvalue weighted by Gasteiger charge is -2.22. The van der Waals surface area contributed by atoms with Crippen LogP contribution in [0.25, 0.3) is 11.1 Å². The SMILES string of the molecule is CC(C)(C)OC(=O)NC(Cc1ccc(-c2cccc(CNCC(=O)c3ccccc3)c2)cc1)C(=O)O. The number of ketones is 1. The summed E-state index contributed by atoms with van der Waals surface area (Å²) in [6, 6.07) is 23.7. The van der Waals surface area contributed by atoms with Crippen LogP contribution in [-0.4, -0.2) is 41.1 Å². The molecule has 1 atom stereocenters. The number of carbonyl (C=O) groups is 3. The molecule has 0 aliphatic carbocycles. The van der Waals surface area contributed by atoms with Crippen LogP contribution < -0.4 is 10.6 Å². The summed E-state index contributed by atoms with van der Waals surface area (Å²) in [6.07, 6.45) is -0.628. The molecule has 36 heavy (non-hydrogen) atoms. The standard InChI is InChI=1S/C29H32N2O5/c1-29(2,3)36-28(35)31-25(27(33)34)17-20-12-14-22(15-13-20)24-11-7-8-21(16-24)18-30-19-26(32)23-9-5-4-6-10-23/h4-16,25,30H,17-19H2,1-3H3,(H,31,35)(H,33,34). The summed E-state index contributed by atoms with van der Waals surface area (Å²) in [5.41, 5.74) is 3.79. The smallest absolute Gasteiger partial charge is 0.408 e. The van der Waals surface area contributed by atoms with Crippen molar-refractivity contribution in [2.45, 2.75) is 45.4 Å². The number of hydrogen-bond acceptors (Lipinski definition) is 5. The summed E-state index contributed by atoms with van der Waals surface area (Å²) >= 11 is 0. The van der Waals surface area contributed by atoms with Crippen molar-refractivity contribution in [3.8, 4) is 11.1 Å². The monoisotopic (exact) mass is 488 g/mol. The molecule has 0 fully saturated rings. The van der Waals surface area contributed by atoms with Crippen molar-refractivity contribution in [1.29, 1.82) is 0 Å². The van der Waals surface area contributed by atoms with Crippen molar-refractivity contribution >= 4 is 17.8 Å². The lowest BCUT2D eigenvalue weighted by Crippen LogP contribution is -2.44. The second-order valence-electron chi connectivity index (χ2n) is 9.53. The number of hydrogen-bond donors (Lipinski definition) is 3. The molecular formula is C29H32N2O5. The number of carboxylic acid groups (broad SMARTS) is 1. The van der Waals surface area contributed by atoms with Crippen LogP contribution >= 0.6 is 0 Å². The average Bonchev–Trinajstić information content (AvgIpc) is 2.83. The number of carbonyl (C=O) groups excluding carboxylic acids is 2. The van der Waals surface area contributed by atoms with E-state index in [1.54, 1.807) is 32.9 Å². The molecule has 3 aromatic carbocycles. The van der Waals surface area contributed by atoms with Crippen LogP contribution in [0.15, 0.2) is 78.9 Å². The van der Waals surface area contributed by atoms with Gasteiger partial charge < -0.3 is 20.5 Å². The van der Waals surface area contributed by atoms with Crippen LogP contribution in [0.2, 0.25) is 0 Å². The van der Waals surface area contributed by atoms with Crippen LogP contribution in [-0.2, 0) is 22.5 Å². The third-order valence-electron chi connectivity index (χ3n) is 5.35. The second-order valence-corrected chi connectivity index (χ2v) is 9.53. The van der Waals surface area contributed by atoms with E-state index >= 15 is 0 Å². The Hall–Kier alpha value is -3.97. The zero-order valence-electron chi connectivity index (χ0n) is 20.8. The minimum atomic E-state index is -1.13. The van der Waals surface area contributed by atoms with E-state index in [1.165, 1.54) is 0 Å². The summed E-state index contributed by atoms with van der Waals surface area (Å²) in [7, 11) is 0. The van der Waals surface area contributed by atoms with Crippen LogP contribution in [0.4, 0.5) is 4.79 Å². The summed E-state index contributed by atoms with van der Waals surface area (Å²) in [6.45, 7) is 5.97. The highest BCUT2D eigenvalue weighted by atomic mass is 16.6. The van der Waals surface area contributed by atoms with E-state index in [4.69, 9.17) is 4.74 Å². The van der Waals surface area contributed by atoms with Crippen molar-refractivity contribution in [3.63, 3.8) is 0 Å². The number of carboxylic acids is 1. The maximum atomic E-state index is 12.3. The first-order valence-electron chi connectivity index (χ1n) is 11.8. The van der Waals surface area contributed by atoms with Crippen molar-refractivity contribution < 1.29 is 24.2 Å². The molecule has 7 heteroatoms. The number of benzene rings is 3. The highest BCUT2D eigenvalue weighted by Crippen LogP contribution is 2.22. The van der Waals surface area contributed by atoms with Gasteiger partial charge in [0.2, 0.25) is 0 Å². The Labute approximate surface area is 211 Å². The molecule has 3 N–H and O–H groups in total. The van der Waals surface area contributed by atoms with Gasteiger partial charge in [-0.1, -0.05) is 72.8 Å². The van der Waals surface area contributed by atoms with E-state index in [0.29, 0.717) is 12.1 Å². The van der Waals surface area contributed by atoms with Crippen LogP contribution in [0.5, 0.6) is 0 Å². The second kappa shape index (κ2) is 12.1. The largest absolute Gasteiger partial charge is 0.480 e. The zero-order valence-corrected chi connectivity index (χ0v) is 20.8. The normalized spacial score (nSPS) is 12.0. The molecule has 0 aliphatic rings. The van der Waals surface area contributed by atoms with E-state index in [0.717, 1.165) is 22.3 Å². The van der Waals surface area contributed by atoms with Crippen molar-refractivity contribution in [2.24, 2.45) is 0 Å². The number of aliphatic carboxylic acids is 1. The fourth-order valence-electron chi connectivity index (χ4n) is 3.63. The van der Waals surface area contributed by atoms with Gasteiger partial charge in [0.05, 0.1) is 6.54 Å². The minimum Gasteiger partial charge on any atom is -0.480 e. The van der Waals surface area contributed by atoms with Crippen LogP contribution in [0.3, 0.4) is 0 Å². The Morgan fingerprint density at radius 2 is 1.56 bits per heavy atom. The predicted octanol–water partition coefficient (Wildman–Crippen LogP) is 4.85. The number of Topliss-reactive ketones (excluding diaryl/α,β-unsaturated/α-hetero) is 1. The topological polar surface area (TPSA) is 105 Å². The van der Waals surface area contributed by atoms with Crippen LogP contribution in [0, 0.1) is 0 Å². The molecule has 1 unspecified atom stereocenters. The Balaban J connectivity index is 1.58. The van der Waals surface area contributed by atoms with Crippen LogP contribution in [0.1, 0.15) is 42.3 Å². The van der Waals surface area contributed by atoms with Gasteiger partial charge in [-0.25, -0.2) is 9.59 Å². The fraction of sp³-hybridized carbons (Fsp3) is 0.276. The molecule has 1 amide bonds. The highest BCUT2D eigenvalue weighted by Gasteiger charge is 2.24. The first kappa shape index (κ1) is 26.6. The van der Waals surface area contributed by atoms with Gasteiger partial charge in [0.15, 0.2) is 5.78 Å². The van der Waals surface area contributed by atoms with E-state index in [2.05, 4.69) is 16.7 Å². The molecular weight excluding hydrogens is 456 g/mol. The third-order valence-corrected chi connectivity index (χ3v) is 5.35.